The lowest BCUT2D eigenvalue weighted by atomic mass is 10.0. The molecule has 0 spiro atoms. The zero-order chi connectivity index (χ0) is 13.7. The fourth-order valence-electron chi connectivity index (χ4n) is 2.46. The average molecular weight is 262 g/mol. The molecule has 1 amide bonds. The van der Waals surface area contributed by atoms with Gasteiger partial charge in [-0.1, -0.05) is 6.07 Å². The van der Waals surface area contributed by atoms with Gasteiger partial charge in [-0.15, -0.1) is 0 Å². The van der Waals surface area contributed by atoms with Crippen LogP contribution in [0.5, 0.6) is 0 Å². The van der Waals surface area contributed by atoms with Gasteiger partial charge in [0.15, 0.2) is 0 Å². The van der Waals surface area contributed by atoms with Gasteiger partial charge in [-0.05, 0) is 31.9 Å². The molecule has 1 aliphatic heterocycles. The van der Waals surface area contributed by atoms with E-state index >= 15 is 0 Å². The van der Waals surface area contributed by atoms with Crippen LogP contribution in [-0.2, 0) is 4.79 Å². The van der Waals surface area contributed by atoms with Gasteiger partial charge in [0.05, 0.1) is 6.04 Å². The number of carbonyl (C=O) groups excluding carboxylic acids is 1. The number of rotatable bonds is 4. The smallest absolute Gasteiger partial charge is 0.236 e. The van der Waals surface area contributed by atoms with Gasteiger partial charge >= 0.3 is 0 Å². The third kappa shape index (κ3) is 3.67. The summed E-state index contributed by atoms with van der Waals surface area (Å²) in [5.74, 6) is 1.09. The predicted molar refractivity (Wildman–Crippen MR) is 76.1 cm³/mol. The maximum atomic E-state index is 11.5. The van der Waals surface area contributed by atoms with E-state index in [1.54, 1.807) is 7.05 Å². The number of likely N-dealkylation sites (N-methyl/N-ethyl adjacent to an activating group) is 1. The lowest BCUT2D eigenvalue weighted by Gasteiger charge is -2.34. The second-order valence-electron chi connectivity index (χ2n) is 4.95. The van der Waals surface area contributed by atoms with Gasteiger partial charge in [-0.25, -0.2) is 4.98 Å². The van der Waals surface area contributed by atoms with E-state index in [9.17, 15) is 4.79 Å². The highest BCUT2D eigenvalue weighted by atomic mass is 16.2. The number of nitrogens with zero attached hydrogens (tertiary/aromatic N) is 2. The molecular formula is C14H22N4O. The second kappa shape index (κ2) is 6.52. The van der Waals surface area contributed by atoms with Crippen LogP contribution in [0.4, 0.5) is 5.82 Å². The van der Waals surface area contributed by atoms with E-state index < -0.39 is 0 Å². The van der Waals surface area contributed by atoms with Gasteiger partial charge in [-0.2, -0.15) is 0 Å². The average Bonchev–Trinajstić information content (AvgIpc) is 2.48. The van der Waals surface area contributed by atoms with Gasteiger partial charge < -0.3 is 15.5 Å². The summed E-state index contributed by atoms with van der Waals surface area (Å²) in [6, 6.07) is 6.27. The molecule has 0 bridgehead atoms. The molecule has 1 fully saturated rings. The second-order valence-corrected chi connectivity index (χ2v) is 4.95. The highest BCUT2D eigenvalue weighted by molar-refractivity contribution is 5.80. The van der Waals surface area contributed by atoms with Gasteiger partial charge in [0.25, 0.3) is 0 Å². The Morgan fingerprint density at radius 1 is 1.42 bits per heavy atom. The number of nitrogens with one attached hydrogen (secondary N) is 2. The molecule has 1 saturated heterocycles. The van der Waals surface area contributed by atoms with Crippen molar-refractivity contribution in [3.05, 3.63) is 24.4 Å². The molecule has 19 heavy (non-hydrogen) atoms. The summed E-state index contributed by atoms with van der Waals surface area (Å²) in [7, 11) is 1.67. The van der Waals surface area contributed by atoms with Crippen molar-refractivity contribution in [3.63, 3.8) is 0 Å². The minimum Gasteiger partial charge on any atom is -0.358 e. The Balaban J connectivity index is 1.81. The van der Waals surface area contributed by atoms with Crippen molar-refractivity contribution in [2.45, 2.75) is 31.8 Å². The van der Waals surface area contributed by atoms with Crippen molar-refractivity contribution < 1.29 is 4.79 Å². The number of pyridine rings is 1. The number of hydrogen-bond acceptors (Lipinski definition) is 4. The van der Waals surface area contributed by atoms with E-state index in [1.807, 2.05) is 31.3 Å². The van der Waals surface area contributed by atoms with Crippen molar-refractivity contribution in [1.29, 1.82) is 0 Å². The lowest BCUT2D eigenvalue weighted by molar-refractivity contribution is -0.122. The number of aromatic nitrogens is 1. The zero-order valence-electron chi connectivity index (χ0n) is 11.6. The van der Waals surface area contributed by atoms with Crippen molar-refractivity contribution in [1.82, 2.24) is 15.6 Å². The molecule has 0 radical (unpaired) electrons. The van der Waals surface area contributed by atoms with Crippen LogP contribution in [0.1, 0.15) is 19.8 Å². The fourth-order valence-corrected chi connectivity index (χ4v) is 2.46. The molecule has 5 heteroatoms. The van der Waals surface area contributed by atoms with Crippen molar-refractivity contribution >= 4 is 11.7 Å². The highest BCUT2D eigenvalue weighted by Gasteiger charge is 2.22. The van der Waals surface area contributed by atoms with Crippen LogP contribution < -0.4 is 15.5 Å². The van der Waals surface area contributed by atoms with Crippen LogP contribution >= 0.6 is 0 Å². The number of hydrogen-bond donors (Lipinski definition) is 2. The molecule has 0 aliphatic carbocycles. The van der Waals surface area contributed by atoms with E-state index in [2.05, 4.69) is 20.5 Å². The van der Waals surface area contributed by atoms with E-state index in [1.165, 1.54) is 0 Å². The minimum absolute atomic E-state index is 0.0483. The maximum Gasteiger partial charge on any atom is 0.236 e. The Kier molecular flexibility index (Phi) is 4.74. The summed E-state index contributed by atoms with van der Waals surface area (Å²) in [4.78, 5) is 18.1. The normalized spacial score (nSPS) is 18.1. The lowest BCUT2D eigenvalue weighted by Crippen LogP contribution is -2.50. The van der Waals surface area contributed by atoms with Crippen molar-refractivity contribution in [2.75, 3.05) is 25.0 Å². The standard InChI is InChI=1S/C14H22N4O/c1-11(14(19)15-2)17-12-6-9-18(10-7-12)13-5-3-4-8-16-13/h3-5,8,11-12,17H,6-7,9-10H2,1-2H3,(H,15,19). The van der Waals surface area contributed by atoms with Crippen molar-refractivity contribution in [3.8, 4) is 0 Å². The number of piperidine rings is 1. The van der Waals surface area contributed by atoms with Gasteiger partial charge in [0.1, 0.15) is 5.82 Å². The van der Waals surface area contributed by atoms with Crippen LogP contribution in [0, 0.1) is 0 Å². The van der Waals surface area contributed by atoms with Crippen LogP contribution in [0.3, 0.4) is 0 Å². The quantitative estimate of drug-likeness (QED) is 0.842. The number of amides is 1. The Morgan fingerprint density at radius 3 is 2.74 bits per heavy atom. The minimum atomic E-state index is -0.128. The largest absolute Gasteiger partial charge is 0.358 e. The molecule has 0 saturated carbocycles. The first-order chi connectivity index (χ1) is 9.20. The SMILES string of the molecule is CNC(=O)C(C)NC1CCN(c2ccccn2)CC1. The van der Waals surface area contributed by atoms with E-state index in [4.69, 9.17) is 0 Å². The molecule has 1 aromatic rings. The van der Waals surface area contributed by atoms with E-state index in [0.717, 1.165) is 31.7 Å². The zero-order valence-corrected chi connectivity index (χ0v) is 11.6. The van der Waals surface area contributed by atoms with Gasteiger partial charge in [0.2, 0.25) is 5.91 Å². The Morgan fingerprint density at radius 2 is 2.16 bits per heavy atom. The first-order valence-corrected chi connectivity index (χ1v) is 6.84. The van der Waals surface area contributed by atoms with Crippen molar-refractivity contribution in [2.24, 2.45) is 0 Å². The fraction of sp³-hybridized carbons (Fsp3) is 0.571. The van der Waals surface area contributed by atoms with E-state index in [0.29, 0.717) is 6.04 Å². The Bertz CT molecular complexity index is 401. The third-order valence-corrected chi connectivity index (χ3v) is 3.59. The molecule has 5 nitrogen and oxygen atoms in total. The topological polar surface area (TPSA) is 57.3 Å². The first kappa shape index (κ1) is 13.8. The molecule has 0 aromatic carbocycles. The summed E-state index contributed by atoms with van der Waals surface area (Å²) < 4.78 is 0. The van der Waals surface area contributed by atoms with Crippen LogP contribution in [-0.4, -0.2) is 43.1 Å². The maximum absolute atomic E-state index is 11.5. The summed E-state index contributed by atoms with van der Waals surface area (Å²) >= 11 is 0. The highest BCUT2D eigenvalue weighted by Crippen LogP contribution is 2.17. The van der Waals surface area contributed by atoms with Crippen LogP contribution in [0.2, 0.25) is 0 Å². The molecule has 104 valence electrons. The summed E-state index contributed by atoms with van der Waals surface area (Å²) in [5, 5.41) is 6.05. The Hall–Kier alpha value is -1.62. The molecule has 2 rings (SSSR count). The van der Waals surface area contributed by atoms with Gasteiger partial charge in [0, 0.05) is 32.4 Å². The molecule has 1 aliphatic rings. The van der Waals surface area contributed by atoms with E-state index in [-0.39, 0.29) is 11.9 Å². The molecule has 1 aromatic heterocycles. The number of anilines is 1. The summed E-state index contributed by atoms with van der Waals surface area (Å²) in [6.45, 7) is 3.87. The third-order valence-electron chi connectivity index (χ3n) is 3.59. The molecule has 2 heterocycles. The summed E-state index contributed by atoms with van der Waals surface area (Å²) in [6.07, 6.45) is 3.91. The summed E-state index contributed by atoms with van der Waals surface area (Å²) in [5.41, 5.74) is 0. The first-order valence-electron chi connectivity index (χ1n) is 6.84. The van der Waals surface area contributed by atoms with Gasteiger partial charge in [-0.3, -0.25) is 4.79 Å². The number of carbonyl (C=O) groups is 1. The van der Waals surface area contributed by atoms with Crippen LogP contribution in [0.15, 0.2) is 24.4 Å². The Labute approximate surface area is 114 Å². The van der Waals surface area contributed by atoms with Crippen LogP contribution in [0.25, 0.3) is 0 Å². The monoisotopic (exact) mass is 262 g/mol. The predicted octanol–water partition coefficient (Wildman–Crippen LogP) is 0.774. The molecular weight excluding hydrogens is 240 g/mol. The molecule has 2 N–H and O–H groups in total. The molecule has 1 unspecified atom stereocenters. The molecule has 1 atom stereocenters.